The molecule has 10 N–H and O–H groups in total. The van der Waals surface area contributed by atoms with E-state index in [1.165, 1.54) is 0 Å². The van der Waals surface area contributed by atoms with Gasteiger partial charge in [-0.25, -0.2) is 4.79 Å². The molecule has 0 saturated heterocycles. The Morgan fingerprint density at radius 1 is 0.862 bits per heavy atom. The Kier molecular flexibility index (Phi) is 11.4. The van der Waals surface area contributed by atoms with Crippen LogP contribution < -0.4 is 27.4 Å². The Hall–Kier alpha value is -2.77. The zero-order valence-electron chi connectivity index (χ0n) is 16.3. The molecule has 0 aliphatic heterocycles. The first-order valence-corrected chi connectivity index (χ1v) is 8.87. The van der Waals surface area contributed by atoms with Crippen LogP contribution in [0.15, 0.2) is 0 Å². The molecule has 0 bridgehead atoms. The highest BCUT2D eigenvalue weighted by Gasteiger charge is 2.31. The van der Waals surface area contributed by atoms with E-state index in [9.17, 15) is 29.1 Å². The van der Waals surface area contributed by atoms with E-state index < -0.39 is 73.4 Å². The molecular weight excluding hydrogens is 390 g/mol. The summed E-state index contributed by atoms with van der Waals surface area (Å²) in [5.41, 5.74) is 10.8. The largest absolute Gasteiger partial charge is 0.480 e. The van der Waals surface area contributed by atoms with Crippen molar-refractivity contribution in [1.29, 1.82) is 0 Å². The SMILES string of the molecule is CCC(C)C(N)C(=O)NC(CO)C(=O)NC(CC(N)=O)C(=O)NC(CO)C(=O)O. The summed E-state index contributed by atoms with van der Waals surface area (Å²) in [7, 11) is 0. The van der Waals surface area contributed by atoms with Gasteiger partial charge in [0.25, 0.3) is 0 Å². The lowest BCUT2D eigenvalue weighted by Crippen LogP contribution is -2.59. The first kappa shape index (κ1) is 26.2. The van der Waals surface area contributed by atoms with Crippen LogP contribution in [0.5, 0.6) is 0 Å². The Morgan fingerprint density at radius 2 is 1.31 bits per heavy atom. The summed E-state index contributed by atoms with van der Waals surface area (Å²) in [4.78, 5) is 58.7. The number of aliphatic hydroxyl groups excluding tert-OH is 2. The molecule has 0 aromatic heterocycles. The molecule has 0 fully saturated rings. The van der Waals surface area contributed by atoms with Crippen molar-refractivity contribution in [2.24, 2.45) is 17.4 Å². The van der Waals surface area contributed by atoms with Gasteiger partial charge in [0, 0.05) is 0 Å². The summed E-state index contributed by atoms with van der Waals surface area (Å²) in [5, 5.41) is 33.5. The minimum absolute atomic E-state index is 0.197. The van der Waals surface area contributed by atoms with E-state index >= 15 is 0 Å². The Bertz CT molecular complexity index is 614. The van der Waals surface area contributed by atoms with E-state index in [0.29, 0.717) is 6.42 Å². The number of nitrogens with one attached hydrogen (secondary N) is 3. The van der Waals surface area contributed by atoms with Crippen LogP contribution in [0.1, 0.15) is 26.7 Å². The minimum Gasteiger partial charge on any atom is -0.480 e. The van der Waals surface area contributed by atoms with E-state index in [1.807, 2.05) is 12.2 Å². The molecule has 5 unspecified atom stereocenters. The molecule has 13 nitrogen and oxygen atoms in total. The molecular formula is C16H29N5O8. The summed E-state index contributed by atoms with van der Waals surface area (Å²) in [6.07, 6.45) is -0.0884. The quantitative estimate of drug-likeness (QED) is 0.144. The normalized spacial score (nSPS) is 15.9. The van der Waals surface area contributed by atoms with Crippen molar-refractivity contribution in [3.63, 3.8) is 0 Å². The monoisotopic (exact) mass is 419 g/mol. The highest BCUT2D eigenvalue weighted by molar-refractivity contribution is 5.96. The van der Waals surface area contributed by atoms with Crippen molar-refractivity contribution in [2.45, 2.75) is 50.9 Å². The van der Waals surface area contributed by atoms with Gasteiger partial charge in [0.1, 0.15) is 18.1 Å². The van der Waals surface area contributed by atoms with Crippen molar-refractivity contribution in [2.75, 3.05) is 13.2 Å². The third-order valence-electron chi connectivity index (χ3n) is 4.21. The van der Waals surface area contributed by atoms with Gasteiger partial charge < -0.3 is 42.7 Å². The highest BCUT2D eigenvalue weighted by Crippen LogP contribution is 2.05. The first-order valence-electron chi connectivity index (χ1n) is 8.87. The molecule has 0 spiro atoms. The molecule has 0 rings (SSSR count). The van der Waals surface area contributed by atoms with Crippen LogP contribution in [0.4, 0.5) is 0 Å². The number of aliphatic hydroxyl groups is 2. The molecule has 0 aromatic rings. The summed E-state index contributed by atoms with van der Waals surface area (Å²) in [5.74, 6) is -5.53. The lowest BCUT2D eigenvalue weighted by molar-refractivity contribution is -0.143. The number of nitrogens with two attached hydrogens (primary N) is 2. The molecule has 0 aliphatic rings. The van der Waals surface area contributed by atoms with Crippen molar-refractivity contribution >= 4 is 29.6 Å². The van der Waals surface area contributed by atoms with Crippen molar-refractivity contribution in [3.8, 4) is 0 Å². The van der Waals surface area contributed by atoms with Gasteiger partial charge in [-0.05, 0) is 5.92 Å². The maximum atomic E-state index is 12.3. The number of carboxylic acid groups (broad SMARTS) is 1. The maximum Gasteiger partial charge on any atom is 0.328 e. The van der Waals surface area contributed by atoms with Crippen molar-refractivity contribution in [1.82, 2.24) is 16.0 Å². The zero-order valence-corrected chi connectivity index (χ0v) is 16.3. The third kappa shape index (κ3) is 8.85. The molecule has 0 saturated carbocycles. The number of rotatable bonds is 13. The van der Waals surface area contributed by atoms with Crippen LogP contribution in [0.25, 0.3) is 0 Å². The van der Waals surface area contributed by atoms with Crippen LogP contribution in [0, 0.1) is 5.92 Å². The number of carbonyl (C=O) groups excluding carboxylic acids is 4. The highest BCUT2D eigenvalue weighted by atomic mass is 16.4. The Morgan fingerprint density at radius 3 is 1.72 bits per heavy atom. The number of carboxylic acids is 1. The summed E-state index contributed by atoms with van der Waals surface area (Å²) < 4.78 is 0. The van der Waals surface area contributed by atoms with Crippen molar-refractivity contribution in [3.05, 3.63) is 0 Å². The van der Waals surface area contributed by atoms with Crippen LogP contribution in [0.3, 0.4) is 0 Å². The number of carbonyl (C=O) groups is 5. The fraction of sp³-hybridized carbons (Fsp3) is 0.688. The Labute approximate surface area is 167 Å². The fourth-order valence-corrected chi connectivity index (χ4v) is 2.11. The minimum atomic E-state index is -1.67. The predicted molar refractivity (Wildman–Crippen MR) is 98.8 cm³/mol. The number of hydrogen-bond donors (Lipinski definition) is 8. The molecule has 13 heteroatoms. The summed E-state index contributed by atoms with van der Waals surface area (Å²) in [6.45, 7) is 1.79. The summed E-state index contributed by atoms with van der Waals surface area (Å²) >= 11 is 0. The fourth-order valence-electron chi connectivity index (χ4n) is 2.11. The average Bonchev–Trinajstić information content (AvgIpc) is 2.66. The zero-order chi connectivity index (χ0) is 22.7. The van der Waals surface area contributed by atoms with Gasteiger partial charge in [0.2, 0.25) is 23.6 Å². The number of amides is 4. The lowest BCUT2D eigenvalue weighted by Gasteiger charge is -2.24. The molecule has 29 heavy (non-hydrogen) atoms. The number of aliphatic carboxylic acids is 1. The van der Waals surface area contributed by atoms with Gasteiger partial charge in [-0.1, -0.05) is 20.3 Å². The smallest absolute Gasteiger partial charge is 0.328 e. The van der Waals surface area contributed by atoms with E-state index in [2.05, 4.69) is 10.6 Å². The van der Waals surface area contributed by atoms with Crippen LogP contribution in [-0.4, -0.2) is 82.3 Å². The van der Waals surface area contributed by atoms with Gasteiger partial charge in [0.15, 0.2) is 0 Å². The van der Waals surface area contributed by atoms with Gasteiger partial charge in [-0.15, -0.1) is 0 Å². The van der Waals surface area contributed by atoms with Gasteiger partial charge in [-0.3, -0.25) is 19.2 Å². The standard InChI is InChI=1S/C16H29N5O8/c1-3-7(2)12(18)15(27)20-9(5-22)14(26)19-8(4-11(17)24)13(25)21-10(6-23)16(28)29/h7-10,12,22-23H,3-6,18H2,1-2H3,(H2,17,24)(H,19,26)(H,20,27)(H,21,25)(H,28,29). The molecule has 5 atom stereocenters. The maximum absolute atomic E-state index is 12.3. The molecule has 166 valence electrons. The molecule has 0 radical (unpaired) electrons. The summed E-state index contributed by atoms with van der Waals surface area (Å²) in [6, 6.07) is -5.68. The number of primary amides is 1. The lowest BCUT2D eigenvalue weighted by atomic mass is 9.99. The van der Waals surface area contributed by atoms with Crippen molar-refractivity contribution < 1.29 is 39.3 Å². The average molecular weight is 419 g/mol. The van der Waals surface area contributed by atoms with E-state index in [0.717, 1.165) is 0 Å². The van der Waals surface area contributed by atoms with Gasteiger partial charge in [-0.2, -0.15) is 0 Å². The van der Waals surface area contributed by atoms with Crippen LogP contribution in [0.2, 0.25) is 0 Å². The van der Waals surface area contributed by atoms with Gasteiger partial charge >= 0.3 is 5.97 Å². The van der Waals surface area contributed by atoms with E-state index in [1.54, 1.807) is 6.92 Å². The molecule has 0 aliphatic carbocycles. The van der Waals surface area contributed by atoms with E-state index in [-0.39, 0.29) is 5.92 Å². The second-order valence-electron chi connectivity index (χ2n) is 6.47. The second kappa shape index (κ2) is 12.6. The molecule has 0 heterocycles. The second-order valence-corrected chi connectivity index (χ2v) is 6.47. The number of hydrogen-bond acceptors (Lipinski definition) is 8. The molecule has 0 aromatic carbocycles. The first-order chi connectivity index (χ1) is 13.5. The van der Waals surface area contributed by atoms with Crippen LogP contribution >= 0.6 is 0 Å². The Balaban J connectivity index is 5.22. The van der Waals surface area contributed by atoms with Crippen LogP contribution in [-0.2, 0) is 24.0 Å². The topological polar surface area (TPSA) is 234 Å². The molecule has 4 amide bonds. The van der Waals surface area contributed by atoms with Gasteiger partial charge in [0.05, 0.1) is 25.7 Å². The van der Waals surface area contributed by atoms with E-state index in [4.69, 9.17) is 21.7 Å². The predicted octanol–water partition coefficient (Wildman–Crippen LogP) is -4.24. The third-order valence-corrected chi connectivity index (χ3v) is 4.21.